The summed E-state index contributed by atoms with van der Waals surface area (Å²) >= 11 is 5.79. The Hall–Kier alpha value is -1.11. The zero-order valence-electron chi connectivity index (χ0n) is 11.6. The van der Waals surface area contributed by atoms with Crippen LogP contribution >= 0.6 is 11.6 Å². The highest BCUT2D eigenvalue weighted by Crippen LogP contribution is 2.22. The number of hydrogen-bond donors (Lipinski definition) is 2. The molecule has 1 aromatic carbocycles. The third kappa shape index (κ3) is 3.71. The number of aryl methyl sites for hydroxylation is 1. The first kappa shape index (κ1) is 16.9. The van der Waals surface area contributed by atoms with Crippen LogP contribution in [0, 0.1) is 6.92 Å². The van der Waals surface area contributed by atoms with E-state index >= 15 is 0 Å². The molecule has 0 heterocycles. The van der Waals surface area contributed by atoms with Crippen LogP contribution in [0.2, 0.25) is 5.02 Å². The van der Waals surface area contributed by atoms with Crippen LogP contribution in [0.1, 0.15) is 32.3 Å². The molecule has 0 bridgehead atoms. The molecule has 0 amide bonds. The van der Waals surface area contributed by atoms with Gasteiger partial charge in [0.15, 0.2) is 0 Å². The fourth-order valence-electron chi connectivity index (χ4n) is 1.97. The SMILES string of the molecule is CCCC(C)(NS(=O)(=O)c1ccc(Cl)cc1C)C(=O)O. The maximum absolute atomic E-state index is 12.3. The first-order chi connectivity index (χ1) is 9.12. The van der Waals surface area contributed by atoms with Gasteiger partial charge in [-0.3, -0.25) is 4.79 Å². The molecule has 1 aromatic rings. The number of rotatable bonds is 6. The minimum absolute atomic E-state index is 0.0329. The Morgan fingerprint density at radius 1 is 1.45 bits per heavy atom. The van der Waals surface area contributed by atoms with E-state index in [0.29, 0.717) is 17.0 Å². The van der Waals surface area contributed by atoms with Gasteiger partial charge in [-0.1, -0.05) is 24.9 Å². The fraction of sp³-hybridized carbons (Fsp3) is 0.462. The molecule has 20 heavy (non-hydrogen) atoms. The number of aliphatic carboxylic acids is 1. The molecule has 0 aromatic heterocycles. The molecule has 1 atom stereocenters. The highest BCUT2D eigenvalue weighted by atomic mass is 35.5. The van der Waals surface area contributed by atoms with Gasteiger partial charge in [0.05, 0.1) is 4.90 Å². The molecule has 0 aliphatic carbocycles. The summed E-state index contributed by atoms with van der Waals surface area (Å²) in [5, 5.41) is 9.67. The largest absolute Gasteiger partial charge is 0.480 e. The first-order valence-electron chi connectivity index (χ1n) is 6.16. The van der Waals surface area contributed by atoms with Gasteiger partial charge < -0.3 is 5.11 Å². The predicted octanol–water partition coefficient (Wildman–Crippen LogP) is 2.57. The van der Waals surface area contributed by atoms with Crippen molar-refractivity contribution in [2.24, 2.45) is 0 Å². The molecule has 0 radical (unpaired) electrons. The Balaban J connectivity index is 3.20. The first-order valence-corrected chi connectivity index (χ1v) is 8.02. The topological polar surface area (TPSA) is 83.5 Å². The van der Waals surface area contributed by atoms with Crippen molar-refractivity contribution < 1.29 is 18.3 Å². The maximum Gasteiger partial charge on any atom is 0.324 e. The summed E-state index contributed by atoms with van der Waals surface area (Å²) in [5.74, 6) is -1.20. The highest BCUT2D eigenvalue weighted by Gasteiger charge is 2.37. The molecular formula is C13H18ClNO4S. The highest BCUT2D eigenvalue weighted by molar-refractivity contribution is 7.89. The van der Waals surface area contributed by atoms with Crippen molar-refractivity contribution in [2.45, 2.75) is 44.0 Å². The molecule has 0 fully saturated rings. The van der Waals surface area contributed by atoms with Gasteiger partial charge in [0.25, 0.3) is 0 Å². The minimum Gasteiger partial charge on any atom is -0.480 e. The summed E-state index contributed by atoms with van der Waals surface area (Å²) in [6.45, 7) is 4.77. The number of nitrogens with one attached hydrogen (secondary N) is 1. The van der Waals surface area contributed by atoms with Crippen molar-refractivity contribution in [1.29, 1.82) is 0 Å². The second-order valence-electron chi connectivity index (χ2n) is 4.90. The van der Waals surface area contributed by atoms with E-state index in [-0.39, 0.29) is 11.3 Å². The van der Waals surface area contributed by atoms with Gasteiger partial charge in [0, 0.05) is 5.02 Å². The lowest BCUT2D eigenvalue weighted by Gasteiger charge is -2.25. The Kier molecular flexibility index (Phi) is 5.18. The molecule has 5 nitrogen and oxygen atoms in total. The maximum atomic E-state index is 12.3. The van der Waals surface area contributed by atoms with Crippen molar-refractivity contribution in [3.05, 3.63) is 28.8 Å². The number of carboxylic acid groups (broad SMARTS) is 1. The summed E-state index contributed by atoms with van der Waals surface area (Å²) < 4.78 is 27.0. The summed E-state index contributed by atoms with van der Waals surface area (Å²) in [5.41, 5.74) is -1.06. The minimum atomic E-state index is -3.92. The monoisotopic (exact) mass is 319 g/mol. The average Bonchev–Trinajstić information content (AvgIpc) is 2.27. The summed E-state index contributed by atoms with van der Waals surface area (Å²) in [6, 6.07) is 4.35. The van der Waals surface area contributed by atoms with Crippen molar-refractivity contribution in [1.82, 2.24) is 4.72 Å². The second kappa shape index (κ2) is 6.11. The van der Waals surface area contributed by atoms with Crippen molar-refractivity contribution in [3.63, 3.8) is 0 Å². The van der Waals surface area contributed by atoms with E-state index in [1.165, 1.54) is 25.1 Å². The zero-order valence-corrected chi connectivity index (χ0v) is 13.2. The molecule has 0 aliphatic heterocycles. The van der Waals surface area contributed by atoms with Gasteiger partial charge in [0.2, 0.25) is 10.0 Å². The number of benzene rings is 1. The average molecular weight is 320 g/mol. The number of carboxylic acids is 1. The molecule has 0 aliphatic rings. The van der Waals surface area contributed by atoms with Gasteiger partial charge >= 0.3 is 5.97 Å². The molecule has 1 rings (SSSR count). The molecule has 7 heteroatoms. The predicted molar refractivity (Wildman–Crippen MR) is 77.5 cm³/mol. The van der Waals surface area contributed by atoms with Crippen molar-refractivity contribution >= 4 is 27.6 Å². The van der Waals surface area contributed by atoms with Gasteiger partial charge in [-0.2, -0.15) is 4.72 Å². The van der Waals surface area contributed by atoms with Crippen LogP contribution in [0.4, 0.5) is 0 Å². The molecule has 112 valence electrons. The van der Waals surface area contributed by atoms with Gasteiger partial charge in [0.1, 0.15) is 5.54 Å². The van der Waals surface area contributed by atoms with Crippen LogP contribution in [-0.4, -0.2) is 25.0 Å². The van der Waals surface area contributed by atoms with Gasteiger partial charge in [-0.25, -0.2) is 8.42 Å². The van der Waals surface area contributed by atoms with E-state index in [2.05, 4.69) is 4.72 Å². The summed E-state index contributed by atoms with van der Waals surface area (Å²) in [7, 11) is -3.92. The second-order valence-corrected chi connectivity index (χ2v) is 6.99. The van der Waals surface area contributed by atoms with E-state index in [1.54, 1.807) is 13.8 Å². The van der Waals surface area contributed by atoms with Crippen LogP contribution < -0.4 is 4.72 Å². The van der Waals surface area contributed by atoms with E-state index < -0.39 is 21.5 Å². The van der Waals surface area contributed by atoms with E-state index in [1.807, 2.05) is 0 Å². The zero-order chi connectivity index (χ0) is 15.6. The van der Waals surface area contributed by atoms with Crippen LogP contribution in [0.3, 0.4) is 0 Å². The lowest BCUT2D eigenvalue weighted by Crippen LogP contribution is -2.52. The van der Waals surface area contributed by atoms with Crippen LogP contribution in [0.15, 0.2) is 23.1 Å². The van der Waals surface area contributed by atoms with E-state index in [4.69, 9.17) is 11.6 Å². The number of carbonyl (C=O) groups is 1. The van der Waals surface area contributed by atoms with E-state index in [9.17, 15) is 18.3 Å². The van der Waals surface area contributed by atoms with Crippen LogP contribution in [-0.2, 0) is 14.8 Å². The molecule has 0 saturated carbocycles. The quantitative estimate of drug-likeness (QED) is 0.844. The Bertz CT molecular complexity index is 615. The lowest BCUT2D eigenvalue weighted by molar-refractivity contribution is -0.143. The Labute approximate surface area is 124 Å². The van der Waals surface area contributed by atoms with Crippen LogP contribution in [0.25, 0.3) is 0 Å². The van der Waals surface area contributed by atoms with Crippen molar-refractivity contribution in [2.75, 3.05) is 0 Å². The molecular weight excluding hydrogens is 302 g/mol. The smallest absolute Gasteiger partial charge is 0.324 e. The normalized spacial score (nSPS) is 14.8. The third-order valence-corrected chi connectivity index (χ3v) is 5.00. The van der Waals surface area contributed by atoms with E-state index in [0.717, 1.165) is 0 Å². The number of hydrogen-bond acceptors (Lipinski definition) is 3. The summed E-state index contributed by atoms with van der Waals surface area (Å²) in [4.78, 5) is 11.3. The molecule has 0 saturated heterocycles. The summed E-state index contributed by atoms with van der Waals surface area (Å²) in [6.07, 6.45) is 0.749. The number of halogens is 1. The van der Waals surface area contributed by atoms with Crippen LogP contribution in [0.5, 0.6) is 0 Å². The number of sulfonamides is 1. The Morgan fingerprint density at radius 2 is 2.05 bits per heavy atom. The molecule has 2 N–H and O–H groups in total. The van der Waals surface area contributed by atoms with Gasteiger partial charge in [-0.15, -0.1) is 0 Å². The third-order valence-electron chi connectivity index (χ3n) is 3.01. The lowest BCUT2D eigenvalue weighted by atomic mass is 9.98. The van der Waals surface area contributed by atoms with Gasteiger partial charge in [-0.05, 0) is 44.0 Å². The molecule has 1 unspecified atom stereocenters. The fourth-order valence-corrected chi connectivity index (χ4v) is 3.82. The molecule has 0 spiro atoms. The standard InChI is InChI=1S/C13H18ClNO4S/c1-4-7-13(3,12(16)17)15-20(18,19)11-6-5-10(14)8-9(11)2/h5-6,8,15H,4,7H2,1-3H3,(H,16,17). The van der Waals surface area contributed by atoms with Crippen molar-refractivity contribution in [3.8, 4) is 0 Å². The Morgan fingerprint density at radius 3 is 2.50 bits per heavy atom.